The average Bonchev–Trinajstić information content (AvgIpc) is 2.61. The third-order valence-electron chi connectivity index (χ3n) is 4.30. The highest BCUT2D eigenvalue weighted by Gasteiger charge is 2.21. The molecule has 1 aliphatic heterocycles. The Bertz CT molecular complexity index is 797. The molecule has 0 bridgehead atoms. The maximum atomic E-state index is 12.5. The number of carbonyl (C=O) groups excluding carboxylic acids is 2. The second kappa shape index (κ2) is 6.97. The van der Waals surface area contributed by atoms with E-state index in [1.165, 1.54) is 12.5 Å². The van der Waals surface area contributed by atoms with Crippen molar-refractivity contribution in [3.63, 3.8) is 0 Å². The SMILES string of the molecule is CC(=O)N1CCOc2ccc(NC(=O)c3ccc(C(C)C)cc3)cc21. The van der Waals surface area contributed by atoms with E-state index in [0.717, 1.165) is 0 Å². The third-order valence-corrected chi connectivity index (χ3v) is 4.30. The van der Waals surface area contributed by atoms with Crippen molar-refractivity contribution in [2.75, 3.05) is 23.4 Å². The molecule has 0 fully saturated rings. The van der Waals surface area contributed by atoms with E-state index in [-0.39, 0.29) is 11.8 Å². The normalized spacial score (nSPS) is 13.2. The fraction of sp³-hybridized carbons (Fsp3) is 0.300. The quantitative estimate of drug-likeness (QED) is 0.926. The monoisotopic (exact) mass is 338 g/mol. The Morgan fingerprint density at radius 1 is 1.12 bits per heavy atom. The van der Waals surface area contributed by atoms with Crippen molar-refractivity contribution in [3.8, 4) is 5.75 Å². The van der Waals surface area contributed by atoms with Crippen LogP contribution in [0.4, 0.5) is 11.4 Å². The van der Waals surface area contributed by atoms with E-state index in [0.29, 0.717) is 41.8 Å². The van der Waals surface area contributed by atoms with Gasteiger partial charge >= 0.3 is 0 Å². The molecular weight excluding hydrogens is 316 g/mol. The summed E-state index contributed by atoms with van der Waals surface area (Å²) in [5.41, 5.74) is 3.11. The van der Waals surface area contributed by atoms with Crippen molar-refractivity contribution in [1.82, 2.24) is 0 Å². The van der Waals surface area contributed by atoms with Crippen LogP contribution < -0.4 is 15.0 Å². The number of benzene rings is 2. The minimum atomic E-state index is -0.179. The Labute approximate surface area is 147 Å². The largest absolute Gasteiger partial charge is 0.490 e. The van der Waals surface area contributed by atoms with Crippen molar-refractivity contribution < 1.29 is 14.3 Å². The second-order valence-corrected chi connectivity index (χ2v) is 6.43. The summed E-state index contributed by atoms with van der Waals surface area (Å²) in [6.07, 6.45) is 0. The highest BCUT2D eigenvalue weighted by Crippen LogP contribution is 2.34. The Hall–Kier alpha value is -2.82. The molecule has 0 aromatic heterocycles. The number of ether oxygens (including phenoxy) is 1. The zero-order valence-corrected chi connectivity index (χ0v) is 14.7. The van der Waals surface area contributed by atoms with Gasteiger partial charge in [-0.2, -0.15) is 0 Å². The van der Waals surface area contributed by atoms with Gasteiger partial charge in [0, 0.05) is 18.2 Å². The van der Waals surface area contributed by atoms with Crippen molar-refractivity contribution >= 4 is 23.2 Å². The fourth-order valence-electron chi connectivity index (χ4n) is 2.85. The second-order valence-electron chi connectivity index (χ2n) is 6.43. The number of nitrogens with zero attached hydrogens (tertiary/aromatic N) is 1. The van der Waals surface area contributed by atoms with Gasteiger partial charge in [-0.15, -0.1) is 0 Å². The molecule has 0 spiro atoms. The van der Waals surface area contributed by atoms with Gasteiger partial charge in [0.05, 0.1) is 12.2 Å². The molecule has 2 aromatic carbocycles. The summed E-state index contributed by atoms with van der Waals surface area (Å²) in [5, 5.41) is 2.88. The van der Waals surface area contributed by atoms with E-state index in [1.807, 2.05) is 24.3 Å². The molecule has 0 radical (unpaired) electrons. The first kappa shape index (κ1) is 17.0. The molecule has 3 rings (SSSR count). The molecule has 25 heavy (non-hydrogen) atoms. The van der Waals surface area contributed by atoms with Crippen molar-refractivity contribution in [2.45, 2.75) is 26.7 Å². The summed E-state index contributed by atoms with van der Waals surface area (Å²) in [6.45, 7) is 6.74. The fourth-order valence-corrected chi connectivity index (χ4v) is 2.85. The van der Waals surface area contributed by atoms with Crippen molar-refractivity contribution in [3.05, 3.63) is 53.6 Å². The van der Waals surface area contributed by atoms with Crippen LogP contribution >= 0.6 is 0 Å². The average molecular weight is 338 g/mol. The van der Waals surface area contributed by atoms with Crippen LogP contribution in [0.15, 0.2) is 42.5 Å². The maximum absolute atomic E-state index is 12.5. The maximum Gasteiger partial charge on any atom is 0.255 e. The minimum Gasteiger partial charge on any atom is -0.490 e. The van der Waals surface area contributed by atoms with Gasteiger partial charge in [0.2, 0.25) is 5.91 Å². The molecule has 2 aromatic rings. The lowest BCUT2D eigenvalue weighted by Crippen LogP contribution is -2.36. The van der Waals surface area contributed by atoms with Gasteiger partial charge in [0.25, 0.3) is 5.91 Å². The summed E-state index contributed by atoms with van der Waals surface area (Å²) in [4.78, 5) is 25.9. The molecule has 0 atom stereocenters. The molecule has 1 N–H and O–H groups in total. The highest BCUT2D eigenvalue weighted by atomic mass is 16.5. The number of rotatable bonds is 3. The van der Waals surface area contributed by atoms with E-state index >= 15 is 0 Å². The predicted octanol–water partition coefficient (Wildman–Crippen LogP) is 3.81. The van der Waals surface area contributed by atoms with E-state index < -0.39 is 0 Å². The highest BCUT2D eigenvalue weighted by molar-refractivity contribution is 6.05. The van der Waals surface area contributed by atoms with Gasteiger partial charge in [0.1, 0.15) is 12.4 Å². The van der Waals surface area contributed by atoms with Crippen molar-refractivity contribution in [1.29, 1.82) is 0 Å². The van der Waals surface area contributed by atoms with E-state index in [4.69, 9.17) is 4.74 Å². The lowest BCUT2D eigenvalue weighted by Gasteiger charge is -2.29. The molecule has 5 nitrogen and oxygen atoms in total. The van der Waals surface area contributed by atoms with Crippen LogP contribution in [0, 0.1) is 0 Å². The van der Waals surface area contributed by atoms with Crippen LogP contribution in [0.2, 0.25) is 0 Å². The molecule has 1 aliphatic rings. The first-order chi connectivity index (χ1) is 12.0. The molecule has 2 amide bonds. The van der Waals surface area contributed by atoms with Gasteiger partial charge < -0.3 is 15.0 Å². The Kier molecular flexibility index (Phi) is 4.74. The molecule has 130 valence electrons. The predicted molar refractivity (Wildman–Crippen MR) is 98.4 cm³/mol. The number of hydrogen-bond donors (Lipinski definition) is 1. The number of fused-ring (bicyclic) bond motifs is 1. The number of carbonyl (C=O) groups is 2. The topological polar surface area (TPSA) is 58.6 Å². The van der Waals surface area contributed by atoms with Gasteiger partial charge in [-0.05, 0) is 41.8 Å². The zero-order valence-electron chi connectivity index (χ0n) is 14.7. The Morgan fingerprint density at radius 3 is 2.48 bits per heavy atom. The Morgan fingerprint density at radius 2 is 1.84 bits per heavy atom. The van der Waals surface area contributed by atoms with Crippen LogP contribution in [0.25, 0.3) is 0 Å². The summed E-state index contributed by atoms with van der Waals surface area (Å²) >= 11 is 0. The molecular formula is C20H22N2O3. The molecule has 0 unspecified atom stereocenters. The van der Waals surface area contributed by atoms with Gasteiger partial charge in [-0.1, -0.05) is 26.0 Å². The molecule has 0 saturated carbocycles. The smallest absolute Gasteiger partial charge is 0.255 e. The van der Waals surface area contributed by atoms with E-state index in [1.54, 1.807) is 23.1 Å². The van der Waals surface area contributed by atoms with Gasteiger partial charge in [0.15, 0.2) is 0 Å². The number of hydrogen-bond acceptors (Lipinski definition) is 3. The molecule has 1 heterocycles. The van der Waals surface area contributed by atoms with Crippen LogP contribution in [0.3, 0.4) is 0 Å². The third kappa shape index (κ3) is 3.65. The van der Waals surface area contributed by atoms with Gasteiger partial charge in [-0.3, -0.25) is 9.59 Å². The summed E-state index contributed by atoms with van der Waals surface area (Å²) in [5.74, 6) is 0.856. The Balaban J connectivity index is 1.80. The minimum absolute atomic E-state index is 0.0442. The van der Waals surface area contributed by atoms with E-state index in [9.17, 15) is 9.59 Å². The van der Waals surface area contributed by atoms with Gasteiger partial charge in [-0.25, -0.2) is 0 Å². The summed E-state index contributed by atoms with van der Waals surface area (Å²) < 4.78 is 5.58. The zero-order chi connectivity index (χ0) is 18.0. The first-order valence-electron chi connectivity index (χ1n) is 8.42. The number of amides is 2. The van der Waals surface area contributed by atoms with Crippen LogP contribution in [0.1, 0.15) is 42.6 Å². The first-order valence-corrected chi connectivity index (χ1v) is 8.42. The number of nitrogens with one attached hydrogen (secondary N) is 1. The number of anilines is 2. The van der Waals surface area contributed by atoms with Crippen LogP contribution in [-0.4, -0.2) is 25.0 Å². The molecule has 0 saturated heterocycles. The lowest BCUT2D eigenvalue weighted by atomic mass is 10.0. The van der Waals surface area contributed by atoms with Crippen molar-refractivity contribution in [2.24, 2.45) is 0 Å². The van der Waals surface area contributed by atoms with Crippen LogP contribution in [-0.2, 0) is 4.79 Å². The van der Waals surface area contributed by atoms with E-state index in [2.05, 4.69) is 19.2 Å². The molecule has 5 heteroatoms. The van der Waals surface area contributed by atoms with Crippen LogP contribution in [0.5, 0.6) is 5.75 Å². The summed E-state index contributed by atoms with van der Waals surface area (Å²) in [7, 11) is 0. The standard InChI is InChI=1S/C20H22N2O3/c1-13(2)15-4-6-16(7-5-15)20(24)21-17-8-9-19-18(12-17)22(14(3)23)10-11-25-19/h4-9,12-13H,10-11H2,1-3H3,(H,21,24). The lowest BCUT2D eigenvalue weighted by molar-refractivity contribution is -0.116. The summed E-state index contributed by atoms with van der Waals surface area (Å²) in [6, 6.07) is 12.9. The molecule has 0 aliphatic carbocycles.